The topological polar surface area (TPSA) is 75.6 Å². The van der Waals surface area contributed by atoms with Gasteiger partial charge in [-0.05, 0) is 30.9 Å². The van der Waals surface area contributed by atoms with Gasteiger partial charge < -0.3 is 15.2 Å². The van der Waals surface area contributed by atoms with Gasteiger partial charge >= 0.3 is 12.3 Å². The Balaban J connectivity index is 2.64. The molecule has 0 aliphatic heterocycles. The highest BCUT2D eigenvalue weighted by Gasteiger charge is 2.35. The summed E-state index contributed by atoms with van der Waals surface area (Å²) in [6.07, 6.45) is -4.10. The molecule has 0 saturated heterocycles. The third kappa shape index (κ3) is 6.28. The summed E-state index contributed by atoms with van der Waals surface area (Å²) in [4.78, 5) is 23.3. The second-order valence-corrected chi connectivity index (χ2v) is 5.72. The molecule has 8 heteroatoms. The van der Waals surface area contributed by atoms with E-state index in [2.05, 4.69) is 10.1 Å². The monoisotopic (exact) mass is 361 g/mol. The maximum absolute atomic E-state index is 12.4. The largest absolute Gasteiger partial charge is 0.573 e. The lowest BCUT2D eigenvalue weighted by Gasteiger charge is -2.26. The molecule has 140 valence electrons. The fraction of sp³-hybridized carbons (Fsp3) is 0.529. The van der Waals surface area contributed by atoms with Gasteiger partial charge in [-0.3, -0.25) is 9.59 Å². The van der Waals surface area contributed by atoms with Gasteiger partial charge in [0.05, 0.1) is 5.41 Å². The molecule has 25 heavy (non-hydrogen) atoms. The zero-order chi connectivity index (χ0) is 19.1. The second-order valence-electron chi connectivity index (χ2n) is 5.72. The first-order chi connectivity index (χ1) is 11.6. The predicted octanol–water partition coefficient (Wildman–Crippen LogP) is 3.53. The normalized spacial score (nSPS) is 11.9. The predicted molar refractivity (Wildman–Crippen MR) is 85.1 cm³/mol. The van der Waals surface area contributed by atoms with E-state index in [0.717, 1.165) is 0 Å². The number of amides is 1. The van der Waals surface area contributed by atoms with Crippen LogP contribution in [-0.4, -0.2) is 29.9 Å². The van der Waals surface area contributed by atoms with E-state index in [1.165, 1.54) is 18.2 Å². The number of ether oxygens (including phenoxy) is 1. The van der Waals surface area contributed by atoms with Gasteiger partial charge in [0.2, 0.25) is 5.91 Å². The Labute approximate surface area is 144 Å². The Bertz CT molecular complexity index is 598. The van der Waals surface area contributed by atoms with Crippen molar-refractivity contribution in [1.82, 2.24) is 5.32 Å². The molecule has 1 aromatic carbocycles. The first kappa shape index (κ1) is 20.8. The molecule has 0 aromatic heterocycles. The van der Waals surface area contributed by atoms with E-state index in [0.29, 0.717) is 12.8 Å². The molecule has 0 heterocycles. The number of aliphatic carboxylic acids is 1. The molecule has 0 spiro atoms. The number of alkyl halides is 3. The molecular formula is C17H22F3NO4. The van der Waals surface area contributed by atoms with E-state index in [4.69, 9.17) is 0 Å². The van der Waals surface area contributed by atoms with Crippen molar-refractivity contribution in [1.29, 1.82) is 0 Å². The second kappa shape index (κ2) is 8.73. The molecule has 0 aliphatic carbocycles. The van der Waals surface area contributed by atoms with Crippen molar-refractivity contribution in [3.63, 3.8) is 0 Å². The number of carboxylic acid groups (broad SMARTS) is 1. The van der Waals surface area contributed by atoms with Crippen molar-refractivity contribution in [2.45, 2.75) is 45.9 Å². The number of hydrogen-bond donors (Lipinski definition) is 2. The van der Waals surface area contributed by atoms with Crippen molar-refractivity contribution in [2.75, 3.05) is 6.54 Å². The molecule has 1 aromatic rings. The Hall–Kier alpha value is -2.25. The van der Waals surface area contributed by atoms with E-state index in [1.807, 2.05) is 0 Å². The van der Waals surface area contributed by atoms with E-state index in [9.17, 15) is 27.9 Å². The van der Waals surface area contributed by atoms with Crippen LogP contribution in [0.4, 0.5) is 13.2 Å². The maximum Gasteiger partial charge on any atom is 0.573 e. The number of rotatable bonds is 9. The van der Waals surface area contributed by atoms with E-state index >= 15 is 0 Å². The highest BCUT2D eigenvalue weighted by atomic mass is 19.4. The van der Waals surface area contributed by atoms with Gasteiger partial charge in [-0.25, -0.2) is 0 Å². The highest BCUT2D eigenvalue weighted by Crippen LogP contribution is 2.27. The summed E-state index contributed by atoms with van der Waals surface area (Å²) in [6, 6.07) is 5.60. The minimum Gasteiger partial charge on any atom is -0.481 e. The van der Waals surface area contributed by atoms with Crippen molar-refractivity contribution in [2.24, 2.45) is 5.41 Å². The van der Waals surface area contributed by atoms with Gasteiger partial charge in [-0.15, -0.1) is 13.2 Å². The van der Waals surface area contributed by atoms with Crippen LogP contribution in [0.3, 0.4) is 0 Å². The lowest BCUT2D eigenvalue weighted by molar-refractivity contribution is -0.274. The molecule has 5 nitrogen and oxygen atoms in total. The standard InChI is InChI=1S/C17H22F3NO4/c1-3-16(4-2,15(23)24)11-21-14(22)10-9-12-7-5-6-8-13(12)25-17(18,19)20/h5-8H,3-4,9-11H2,1-2H3,(H,21,22)(H,23,24). The molecule has 0 saturated carbocycles. The van der Waals surface area contributed by atoms with Gasteiger partial charge in [0, 0.05) is 13.0 Å². The Morgan fingerprint density at radius 3 is 2.28 bits per heavy atom. The number of nitrogens with one attached hydrogen (secondary N) is 1. The summed E-state index contributed by atoms with van der Waals surface area (Å²) in [5, 5.41) is 11.9. The van der Waals surface area contributed by atoms with Crippen LogP contribution in [0.5, 0.6) is 5.75 Å². The SMILES string of the molecule is CCC(CC)(CNC(=O)CCc1ccccc1OC(F)(F)F)C(=O)O. The molecule has 0 unspecified atom stereocenters. The van der Waals surface area contributed by atoms with Crippen LogP contribution in [0, 0.1) is 5.41 Å². The van der Waals surface area contributed by atoms with Crippen LogP contribution in [0.15, 0.2) is 24.3 Å². The van der Waals surface area contributed by atoms with Crippen LogP contribution < -0.4 is 10.1 Å². The quantitative estimate of drug-likeness (QED) is 0.706. The molecule has 0 bridgehead atoms. The number of para-hydroxylation sites is 1. The average Bonchev–Trinajstić information content (AvgIpc) is 2.53. The molecule has 0 radical (unpaired) electrons. The minimum atomic E-state index is -4.80. The molecule has 0 fully saturated rings. The van der Waals surface area contributed by atoms with E-state index < -0.39 is 23.7 Å². The van der Waals surface area contributed by atoms with Gasteiger partial charge in [-0.1, -0.05) is 32.0 Å². The molecular weight excluding hydrogens is 339 g/mol. The highest BCUT2D eigenvalue weighted by molar-refractivity contribution is 5.79. The van der Waals surface area contributed by atoms with Gasteiger partial charge in [0.25, 0.3) is 0 Å². The smallest absolute Gasteiger partial charge is 0.481 e. The summed E-state index contributed by atoms with van der Waals surface area (Å²) in [5.41, 5.74) is -0.780. The molecule has 1 rings (SSSR count). The summed E-state index contributed by atoms with van der Waals surface area (Å²) >= 11 is 0. The van der Waals surface area contributed by atoms with Crippen LogP contribution in [0.2, 0.25) is 0 Å². The average molecular weight is 361 g/mol. The molecule has 2 N–H and O–H groups in total. The molecule has 0 aliphatic rings. The fourth-order valence-corrected chi connectivity index (χ4v) is 2.42. The van der Waals surface area contributed by atoms with Crippen molar-refractivity contribution >= 4 is 11.9 Å². The number of benzene rings is 1. The Morgan fingerprint density at radius 2 is 1.76 bits per heavy atom. The molecule has 0 atom stereocenters. The summed E-state index contributed by atoms with van der Waals surface area (Å²) in [6.45, 7) is 3.44. The van der Waals surface area contributed by atoms with Gasteiger partial charge in [-0.2, -0.15) is 0 Å². The summed E-state index contributed by atoms with van der Waals surface area (Å²) < 4.78 is 41.0. The third-order valence-corrected chi connectivity index (χ3v) is 4.25. The number of carbonyl (C=O) groups is 2. The summed E-state index contributed by atoms with van der Waals surface area (Å²) in [7, 11) is 0. The zero-order valence-electron chi connectivity index (χ0n) is 14.2. The molecule has 1 amide bonds. The number of halogens is 3. The third-order valence-electron chi connectivity index (χ3n) is 4.25. The van der Waals surface area contributed by atoms with Crippen molar-refractivity contribution in [3.05, 3.63) is 29.8 Å². The van der Waals surface area contributed by atoms with Gasteiger partial charge in [0.1, 0.15) is 5.75 Å². The van der Waals surface area contributed by atoms with Gasteiger partial charge in [0.15, 0.2) is 0 Å². The fourth-order valence-electron chi connectivity index (χ4n) is 2.42. The zero-order valence-corrected chi connectivity index (χ0v) is 14.2. The van der Waals surface area contributed by atoms with Crippen LogP contribution in [-0.2, 0) is 16.0 Å². The van der Waals surface area contributed by atoms with Crippen LogP contribution in [0.25, 0.3) is 0 Å². The minimum absolute atomic E-state index is 0.0190. The van der Waals surface area contributed by atoms with Crippen LogP contribution >= 0.6 is 0 Å². The first-order valence-corrected chi connectivity index (χ1v) is 7.97. The van der Waals surface area contributed by atoms with E-state index in [-0.39, 0.29) is 30.7 Å². The van der Waals surface area contributed by atoms with E-state index in [1.54, 1.807) is 19.9 Å². The number of carbonyl (C=O) groups excluding carboxylic acids is 1. The summed E-state index contributed by atoms with van der Waals surface area (Å²) in [5.74, 6) is -1.75. The van der Waals surface area contributed by atoms with Crippen molar-refractivity contribution < 1.29 is 32.6 Å². The Kier molecular flexibility index (Phi) is 7.26. The van der Waals surface area contributed by atoms with Crippen molar-refractivity contribution in [3.8, 4) is 5.75 Å². The first-order valence-electron chi connectivity index (χ1n) is 7.97. The Morgan fingerprint density at radius 1 is 1.16 bits per heavy atom. The number of hydrogen-bond acceptors (Lipinski definition) is 3. The number of carboxylic acids is 1. The lowest BCUT2D eigenvalue weighted by Crippen LogP contribution is -2.42. The lowest BCUT2D eigenvalue weighted by atomic mass is 9.82. The van der Waals surface area contributed by atoms with Crippen LogP contribution in [0.1, 0.15) is 38.7 Å². The maximum atomic E-state index is 12.4. The number of aryl methyl sites for hydroxylation is 1.